The van der Waals surface area contributed by atoms with E-state index in [9.17, 15) is 5.11 Å². The molecule has 1 aliphatic rings. The van der Waals surface area contributed by atoms with E-state index >= 15 is 0 Å². The molecule has 1 aromatic carbocycles. The zero-order valence-electron chi connectivity index (χ0n) is 10.6. The Morgan fingerprint density at radius 2 is 1.89 bits per heavy atom. The van der Waals surface area contributed by atoms with Gasteiger partial charge in [0, 0.05) is 11.4 Å². The summed E-state index contributed by atoms with van der Waals surface area (Å²) in [4.78, 5) is 4.50. The van der Waals surface area contributed by atoms with E-state index in [0.717, 1.165) is 24.1 Å². The van der Waals surface area contributed by atoms with E-state index < -0.39 is 6.10 Å². The largest absolute Gasteiger partial charge is 0.389 e. The molecule has 1 aliphatic carbocycles. The van der Waals surface area contributed by atoms with Crippen molar-refractivity contribution in [2.24, 2.45) is 0 Å². The second-order valence-corrected chi connectivity index (χ2v) is 4.98. The van der Waals surface area contributed by atoms with Crippen molar-refractivity contribution in [1.82, 2.24) is 9.55 Å². The van der Waals surface area contributed by atoms with E-state index in [1.54, 1.807) is 6.92 Å². The maximum absolute atomic E-state index is 9.52. The molecule has 1 heterocycles. The van der Waals surface area contributed by atoms with Crippen molar-refractivity contribution >= 4 is 0 Å². The highest BCUT2D eigenvalue weighted by atomic mass is 16.3. The lowest BCUT2D eigenvalue weighted by Gasteiger charge is -2.14. The zero-order chi connectivity index (χ0) is 12.5. The molecule has 0 unspecified atom stereocenters. The van der Waals surface area contributed by atoms with Crippen molar-refractivity contribution in [2.75, 3.05) is 0 Å². The lowest BCUT2D eigenvalue weighted by Crippen LogP contribution is -2.06. The van der Waals surface area contributed by atoms with Crippen molar-refractivity contribution < 1.29 is 5.11 Å². The molecule has 0 amide bonds. The van der Waals surface area contributed by atoms with E-state index in [4.69, 9.17) is 0 Å². The summed E-state index contributed by atoms with van der Waals surface area (Å²) in [5, 5.41) is 9.52. The van der Waals surface area contributed by atoms with Gasteiger partial charge in [-0.05, 0) is 50.3 Å². The summed E-state index contributed by atoms with van der Waals surface area (Å²) < 4.78 is 2.18. The number of benzene rings is 1. The van der Waals surface area contributed by atoms with Crippen LogP contribution in [0.1, 0.15) is 42.8 Å². The lowest BCUT2D eigenvalue weighted by atomic mass is 10.0. The molecule has 3 nitrogen and oxygen atoms in total. The molecule has 1 N–H and O–H groups in total. The average molecular weight is 242 g/mol. The second-order valence-electron chi connectivity index (χ2n) is 4.98. The average Bonchev–Trinajstić information content (AvgIpc) is 2.82. The highest BCUT2D eigenvalue weighted by Gasteiger charge is 2.15. The molecule has 0 spiro atoms. The minimum Gasteiger partial charge on any atom is -0.389 e. The van der Waals surface area contributed by atoms with Crippen LogP contribution in [0.5, 0.6) is 0 Å². The maximum atomic E-state index is 9.52. The van der Waals surface area contributed by atoms with Crippen LogP contribution in [0.4, 0.5) is 0 Å². The maximum Gasteiger partial charge on any atom is 0.0997 e. The van der Waals surface area contributed by atoms with Crippen LogP contribution in [0.25, 0.3) is 5.69 Å². The van der Waals surface area contributed by atoms with E-state index in [0.29, 0.717) is 0 Å². The molecule has 0 aliphatic heterocycles. The molecule has 0 bridgehead atoms. The Morgan fingerprint density at radius 1 is 1.17 bits per heavy atom. The first-order chi connectivity index (χ1) is 8.75. The van der Waals surface area contributed by atoms with Gasteiger partial charge in [0.25, 0.3) is 0 Å². The summed E-state index contributed by atoms with van der Waals surface area (Å²) in [6, 6.07) is 8.07. The molecular weight excluding hydrogens is 224 g/mol. The van der Waals surface area contributed by atoms with Crippen LogP contribution < -0.4 is 0 Å². The first-order valence-corrected chi connectivity index (χ1v) is 6.59. The summed E-state index contributed by atoms with van der Waals surface area (Å²) in [6.07, 6.45) is 6.25. The van der Waals surface area contributed by atoms with Gasteiger partial charge in [0.1, 0.15) is 0 Å². The molecular formula is C15H18N2O. The van der Waals surface area contributed by atoms with Gasteiger partial charge in [-0.1, -0.05) is 12.1 Å². The molecule has 0 saturated carbocycles. The van der Waals surface area contributed by atoms with Crippen LogP contribution in [0.3, 0.4) is 0 Å². The molecule has 2 aromatic rings. The minimum absolute atomic E-state index is 0.407. The van der Waals surface area contributed by atoms with Crippen LogP contribution in [-0.2, 0) is 12.8 Å². The van der Waals surface area contributed by atoms with Crippen molar-refractivity contribution in [3.05, 3.63) is 47.5 Å². The predicted octanol–water partition coefficient (Wildman–Crippen LogP) is 2.80. The van der Waals surface area contributed by atoms with Crippen molar-refractivity contribution in [2.45, 2.75) is 38.7 Å². The molecule has 0 fully saturated rings. The summed E-state index contributed by atoms with van der Waals surface area (Å²) in [6.45, 7) is 1.79. The number of aliphatic hydroxyl groups excluding tert-OH is 1. The molecule has 0 radical (unpaired) electrons. The first-order valence-electron chi connectivity index (χ1n) is 6.59. The third kappa shape index (κ3) is 1.95. The van der Waals surface area contributed by atoms with Crippen LogP contribution in [0.15, 0.2) is 30.6 Å². The van der Waals surface area contributed by atoms with Gasteiger partial charge in [-0.3, -0.25) is 0 Å². The summed E-state index contributed by atoms with van der Waals surface area (Å²) in [5.74, 6) is 0. The Hall–Kier alpha value is -1.61. The number of aliphatic hydroxyl groups is 1. The molecule has 94 valence electrons. The number of imidazole rings is 1. The molecule has 3 rings (SSSR count). The van der Waals surface area contributed by atoms with Gasteiger partial charge >= 0.3 is 0 Å². The van der Waals surface area contributed by atoms with Crippen LogP contribution in [-0.4, -0.2) is 14.7 Å². The second kappa shape index (κ2) is 4.58. The Kier molecular flexibility index (Phi) is 2.92. The number of hydrogen-bond acceptors (Lipinski definition) is 2. The third-order valence-corrected chi connectivity index (χ3v) is 3.68. The van der Waals surface area contributed by atoms with Crippen molar-refractivity contribution in [3.8, 4) is 5.69 Å². The highest BCUT2D eigenvalue weighted by molar-refractivity contribution is 5.38. The monoisotopic (exact) mass is 242 g/mol. The van der Waals surface area contributed by atoms with Crippen LogP contribution in [0, 0.1) is 0 Å². The fourth-order valence-electron chi connectivity index (χ4n) is 2.61. The van der Waals surface area contributed by atoms with E-state index in [-0.39, 0.29) is 0 Å². The van der Waals surface area contributed by atoms with Gasteiger partial charge < -0.3 is 9.67 Å². The lowest BCUT2D eigenvalue weighted by molar-refractivity contribution is 0.199. The summed E-state index contributed by atoms with van der Waals surface area (Å²) >= 11 is 0. The van der Waals surface area contributed by atoms with Gasteiger partial charge in [-0.25, -0.2) is 4.98 Å². The number of aryl methyl sites for hydroxylation is 1. The van der Waals surface area contributed by atoms with Gasteiger partial charge in [0.05, 0.1) is 18.1 Å². The normalized spacial score (nSPS) is 16.3. The summed E-state index contributed by atoms with van der Waals surface area (Å²) in [7, 11) is 0. The molecule has 18 heavy (non-hydrogen) atoms. The van der Waals surface area contributed by atoms with E-state index in [2.05, 4.69) is 21.7 Å². The van der Waals surface area contributed by atoms with Crippen LogP contribution >= 0.6 is 0 Å². The molecule has 0 saturated heterocycles. The third-order valence-electron chi connectivity index (χ3n) is 3.68. The molecule has 3 heteroatoms. The molecule has 1 aromatic heterocycles. The quantitative estimate of drug-likeness (QED) is 0.879. The number of aromatic nitrogens is 2. The van der Waals surface area contributed by atoms with E-state index in [1.807, 2.05) is 18.5 Å². The Labute approximate surface area is 107 Å². The smallest absolute Gasteiger partial charge is 0.0997 e. The first kappa shape index (κ1) is 11.5. The molecule has 1 atom stereocenters. The van der Waals surface area contributed by atoms with E-state index in [1.165, 1.54) is 24.2 Å². The zero-order valence-corrected chi connectivity index (χ0v) is 10.6. The standard InChI is InChI=1S/C15H18N2O/c1-11(18)12-6-8-13(9-7-12)17-10-16-14-4-2-3-5-15(14)17/h6-11,18H,2-5H2,1H3/t11-/m0/s1. The number of fused-ring (bicyclic) bond motifs is 1. The predicted molar refractivity (Wildman–Crippen MR) is 70.8 cm³/mol. The Morgan fingerprint density at radius 3 is 2.61 bits per heavy atom. The number of nitrogens with zero attached hydrogens (tertiary/aromatic N) is 2. The number of hydrogen-bond donors (Lipinski definition) is 1. The fourth-order valence-corrected chi connectivity index (χ4v) is 2.61. The van der Waals surface area contributed by atoms with Gasteiger partial charge in [-0.2, -0.15) is 0 Å². The highest BCUT2D eigenvalue weighted by Crippen LogP contribution is 2.23. The van der Waals surface area contributed by atoms with Crippen molar-refractivity contribution in [3.63, 3.8) is 0 Å². The van der Waals surface area contributed by atoms with Crippen LogP contribution in [0.2, 0.25) is 0 Å². The van der Waals surface area contributed by atoms with Gasteiger partial charge in [0.15, 0.2) is 0 Å². The van der Waals surface area contributed by atoms with Gasteiger partial charge in [-0.15, -0.1) is 0 Å². The van der Waals surface area contributed by atoms with Crippen molar-refractivity contribution in [1.29, 1.82) is 0 Å². The number of rotatable bonds is 2. The summed E-state index contributed by atoms with van der Waals surface area (Å²) in [5.41, 5.74) is 4.69. The fraction of sp³-hybridized carbons (Fsp3) is 0.400. The topological polar surface area (TPSA) is 38.0 Å². The minimum atomic E-state index is -0.407. The Balaban J connectivity index is 1.97. The Bertz CT molecular complexity index is 540. The van der Waals surface area contributed by atoms with Gasteiger partial charge in [0.2, 0.25) is 0 Å². The SMILES string of the molecule is C[C@H](O)c1ccc(-n2cnc3c2CCCC3)cc1.